The van der Waals surface area contributed by atoms with Gasteiger partial charge in [0.15, 0.2) is 0 Å². The number of aryl methyl sites for hydroxylation is 1. The number of carbonyl (C=O) groups excluding carboxylic acids is 1. The van der Waals surface area contributed by atoms with Crippen molar-refractivity contribution < 1.29 is 9.53 Å². The molecule has 0 aliphatic carbocycles. The van der Waals surface area contributed by atoms with E-state index in [0.29, 0.717) is 13.1 Å². The summed E-state index contributed by atoms with van der Waals surface area (Å²) in [6.07, 6.45) is 3.85. The zero-order valence-electron chi connectivity index (χ0n) is 16.8. The highest BCUT2D eigenvalue weighted by Crippen LogP contribution is 2.28. The number of amides is 1. The molecule has 1 aliphatic rings. The fourth-order valence-corrected chi connectivity index (χ4v) is 3.87. The van der Waals surface area contributed by atoms with Crippen molar-refractivity contribution in [1.82, 2.24) is 20.4 Å². The van der Waals surface area contributed by atoms with Crippen LogP contribution >= 0.6 is 0 Å². The predicted octanol–water partition coefficient (Wildman–Crippen LogP) is 2.72. The lowest BCUT2D eigenvalue weighted by Crippen LogP contribution is -2.33. The lowest BCUT2D eigenvalue weighted by atomic mass is 9.90. The summed E-state index contributed by atoms with van der Waals surface area (Å²) in [5.41, 5.74) is 4.42. The Morgan fingerprint density at radius 3 is 2.76 bits per heavy atom. The highest BCUT2D eigenvalue weighted by Gasteiger charge is 2.34. The summed E-state index contributed by atoms with van der Waals surface area (Å²) < 4.78 is 7.08. The van der Waals surface area contributed by atoms with Crippen molar-refractivity contribution in [3.63, 3.8) is 0 Å². The van der Waals surface area contributed by atoms with E-state index in [4.69, 9.17) is 4.74 Å². The van der Waals surface area contributed by atoms with Crippen LogP contribution in [0, 0.1) is 5.92 Å². The van der Waals surface area contributed by atoms with Crippen LogP contribution in [-0.4, -0.2) is 35.9 Å². The van der Waals surface area contributed by atoms with Gasteiger partial charge in [-0.25, -0.2) is 0 Å². The van der Waals surface area contributed by atoms with Gasteiger partial charge in [0.25, 0.3) is 0 Å². The first kappa shape index (κ1) is 19.2. The molecule has 150 valence electrons. The first-order chi connectivity index (χ1) is 14.1. The number of nitrogens with zero attached hydrogens (tertiary/aromatic N) is 2. The summed E-state index contributed by atoms with van der Waals surface area (Å²) in [6, 6.07) is 16.3. The minimum atomic E-state index is -0.0738. The van der Waals surface area contributed by atoms with E-state index in [1.54, 1.807) is 11.8 Å². The molecular formula is C23H26N4O2. The van der Waals surface area contributed by atoms with Gasteiger partial charge < -0.3 is 15.4 Å². The Morgan fingerprint density at radius 2 is 2.03 bits per heavy atom. The normalized spacial score (nSPS) is 18.6. The van der Waals surface area contributed by atoms with Gasteiger partial charge in [-0.3, -0.25) is 9.48 Å². The number of methoxy groups -OCH3 is 1. The molecule has 2 aromatic carbocycles. The van der Waals surface area contributed by atoms with Gasteiger partial charge in [-0.05, 0) is 34.4 Å². The van der Waals surface area contributed by atoms with Gasteiger partial charge in [-0.1, -0.05) is 36.4 Å². The van der Waals surface area contributed by atoms with Crippen LogP contribution in [0.15, 0.2) is 60.9 Å². The molecule has 0 radical (unpaired) electrons. The third kappa shape index (κ3) is 4.32. The van der Waals surface area contributed by atoms with E-state index < -0.39 is 0 Å². The maximum Gasteiger partial charge on any atom is 0.225 e. The minimum Gasteiger partial charge on any atom is -0.497 e. The van der Waals surface area contributed by atoms with E-state index in [1.165, 1.54) is 0 Å². The first-order valence-corrected chi connectivity index (χ1v) is 9.84. The van der Waals surface area contributed by atoms with Gasteiger partial charge in [-0.2, -0.15) is 5.10 Å². The van der Waals surface area contributed by atoms with Crippen molar-refractivity contribution in [2.45, 2.75) is 12.5 Å². The minimum absolute atomic E-state index is 0.0738. The summed E-state index contributed by atoms with van der Waals surface area (Å²) in [7, 11) is 3.57. The maximum absolute atomic E-state index is 12.8. The first-order valence-electron chi connectivity index (χ1n) is 9.84. The zero-order chi connectivity index (χ0) is 20.2. The Bertz CT molecular complexity index is 981. The largest absolute Gasteiger partial charge is 0.497 e. The monoisotopic (exact) mass is 390 g/mol. The van der Waals surface area contributed by atoms with E-state index in [0.717, 1.165) is 34.5 Å². The predicted molar refractivity (Wildman–Crippen MR) is 113 cm³/mol. The Labute approximate surface area is 170 Å². The lowest BCUT2D eigenvalue weighted by Gasteiger charge is -2.17. The average molecular weight is 390 g/mol. The Hall–Kier alpha value is -3.12. The third-order valence-corrected chi connectivity index (χ3v) is 5.53. The number of hydrogen-bond donors (Lipinski definition) is 2. The van der Waals surface area contributed by atoms with E-state index in [2.05, 4.69) is 46.1 Å². The van der Waals surface area contributed by atoms with Gasteiger partial charge in [-0.15, -0.1) is 0 Å². The fourth-order valence-electron chi connectivity index (χ4n) is 3.87. The summed E-state index contributed by atoms with van der Waals surface area (Å²) in [5, 5.41) is 10.7. The molecule has 3 aromatic rings. The molecule has 2 atom stereocenters. The second-order valence-corrected chi connectivity index (χ2v) is 7.47. The molecular weight excluding hydrogens is 364 g/mol. The number of nitrogens with one attached hydrogen (secondary N) is 2. The van der Waals surface area contributed by atoms with Crippen molar-refractivity contribution in [3.8, 4) is 16.9 Å². The van der Waals surface area contributed by atoms with Crippen molar-refractivity contribution in [3.05, 3.63) is 72.1 Å². The van der Waals surface area contributed by atoms with Crippen molar-refractivity contribution in [2.75, 3.05) is 20.2 Å². The van der Waals surface area contributed by atoms with Gasteiger partial charge in [0.1, 0.15) is 5.75 Å². The molecule has 1 aliphatic heterocycles. The van der Waals surface area contributed by atoms with Gasteiger partial charge in [0.05, 0.1) is 19.2 Å². The molecule has 0 bridgehead atoms. The second-order valence-electron chi connectivity index (χ2n) is 7.47. The van der Waals surface area contributed by atoms with Crippen molar-refractivity contribution in [1.29, 1.82) is 0 Å². The second kappa shape index (κ2) is 8.49. The van der Waals surface area contributed by atoms with E-state index >= 15 is 0 Å². The summed E-state index contributed by atoms with van der Waals surface area (Å²) in [6.45, 7) is 2.02. The molecule has 2 heterocycles. The SMILES string of the molecule is COc1cccc(-c2ccc(CNC(=O)[C@H]3CNC[C@@H]3c3cnn(C)c3)cc2)c1. The Balaban J connectivity index is 1.38. The van der Waals surface area contributed by atoms with Crippen LogP contribution in [-0.2, 0) is 18.4 Å². The zero-order valence-corrected chi connectivity index (χ0v) is 16.8. The molecule has 1 aromatic heterocycles. The lowest BCUT2D eigenvalue weighted by molar-refractivity contribution is -0.125. The number of ether oxygens (including phenoxy) is 1. The van der Waals surface area contributed by atoms with Gasteiger partial charge in [0.2, 0.25) is 5.91 Å². The molecule has 2 N–H and O–H groups in total. The Morgan fingerprint density at radius 1 is 1.21 bits per heavy atom. The maximum atomic E-state index is 12.8. The molecule has 0 spiro atoms. The average Bonchev–Trinajstić information content (AvgIpc) is 3.41. The molecule has 1 amide bonds. The van der Waals surface area contributed by atoms with Crippen LogP contribution in [0.5, 0.6) is 5.75 Å². The van der Waals surface area contributed by atoms with Crippen molar-refractivity contribution in [2.24, 2.45) is 13.0 Å². The molecule has 1 fully saturated rings. The summed E-state index contributed by atoms with van der Waals surface area (Å²) in [5.74, 6) is 1.02. The van der Waals surface area contributed by atoms with Crippen LogP contribution < -0.4 is 15.4 Å². The molecule has 6 heteroatoms. The fraction of sp³-hybridized carbons (Fsp3) is 0.304. The molecule has 0 unspecified atom stereocenters. The molecule has 6 nitrogen and oxygen atoms in total. The Kier molecular flexibility index (Phi) is 5.62. The highest BCUT2D eigenvalue weighted by molar-refractivity contribution is 5.80. The quantitative estimate of drug-likeness (QED) is 0.679. The molecule has 29 heavy (non-hydrogen) atoms. The van der Waals surface area contributed by atoms with Crippen LogP contribution in [0.4, 0.5) is 0 Å². The number of rotatable bonds is 6. The smallest absolute Gasteiger partial charge is 0.225 e. The topological polar surface area (TPSA) is 68.2 Å². The highest BCUT2D eigenvalue weighted by atomic mass is 16.5. The van der Waals surface area contributed by atoms with Crippen LogP contribution in [0.2, 0.25) is 0 Å². The number of benzene rings is 2. The number of hydrogen-bond acceptors (Lipinski definition) is 4. The van der Waals surface area contributed by atoms with Crippen molar-refractivity contribution >= 4 is 5.91 Å². The van der Waals surface area contributed by atoms with Crippen LogP contribution in [0.25, 0.3) is 11.1 Å². The molecule has 0 saturated carbocycles. The number of aromatic nitrogens is 2. The van der Waals surface area contributed by atoms with E-state index in [9.17, 15) is 4.79 Å². The number of carbonyl (C=O) groups is 1. The van der Waals surface area contributed by atoms with Gasteiger partial charge >= 0.3 is 0 Å². The van der Waals surface area contributed by atoms with E-state index in [-0.39, 0.29) is 17.7 Å². The van der Waals surface area contributed by atoms with E-state index in [1.807, 2.05) is 37.6 Å². The van der Waals surface area contributed by atoms with Crippen LogP contribution in [0.1, 0.15) is 17.0 Å². The van der Waals surface area contributed by atoms with Gasteiger partial charge in [0, 0.05) is 38.8 Å². The summed E-state index contributed by atoms with van der Waals surface area (Å²) >= 11 is 0. The van der Waals surface area contributed by atoms with Crippen LogP contribution in [0.3, 0.4) is 0 Å². The molecule has 1 saturated heterocycles. The summed E-state index contributed by atoms with van der Waals surface area (Å²) in [4.78, 5) is 12.8. The third-order valence-electron chi connectivity index (χ3n) is 5.53. The standard InChI is InChI=1S/C23H26N4O2/c1-27-15-19(12-26-27)21-13-24-14-22(21)23(28)25-11-16-6-8-17(9-7-16)18-4-3-5-20(10-18)29-2/h3-10,12,15,21-22,24H,11,13-14H2,1-2H3,(H,25,28)/t21-,22+/m1/s1. The molecule has 4 rings (SSSR count).